The molecular weight excluding hydrogens is 206 g/mol. The lowest BCUT2D eigenvalue weighted by molar-refractivity contribution is -0.888. The normalized spacial score (nSPS) is 11.9. The van der Waals surface area contributed by atoms with E-state index in [2.05, 4.69) is 21.0 Å². The molecule has 0 heterocycles. The van der Waals surface area contributed by atoms with Gasteiger partial charge in [0.05, 0.1) is 37.4 Å². The number of hydrogen-bond donors (Lipinski definition) is 0. The second kappa shape index (κ2) is 7.17. The molecule has 0 aliphatic heterocycles. The monoisotopic (exact) mass is 227 g/mol. The Hall–Kier alpha value is -0.170. The zero-order valence-corrected chi connectivity index (χ0v) is 10.4. The van der Waals surface area contributed by atoms with Crippen molar-refractivity contribution in [2.75, 3.05) is 47.2 Å². The van der Waals surface area contributed by atoms with Crippen molar-refractivity contribution in [3.8, 4) is 0 Å². The number of ether oxygens (including phenoxy) is 1. The van der Waals surface area contributed by atoms with Gasteiger partial charge in [-0.3, -0.25) is 0 Å². The van der Waals surface area contributed by atoms with E-state index in [4.69, 9.17) is 17.7 Å². The summed E-state index contributed by atoms with van der Waals surface area (Å²) in [6, 6.07) is 0. The van der Waals surface area contributed by atoms with Gasteiger partial charge in [0.2, 0.25) is 0 Å². The van der Waals surface area contributed by atoms with Crippen LogP contribution in [0.3, 0.4) is 0 Å². The van der Waals surface area contributed by atoms with E-state index in [1.165, 1.54) is 6.54 Å². The first kappa shape index (κ1) is 16.3. The smallest absolute Gasteiger partial charge is 0.102 e. The van der Waals surface area contributed by atoms with Crippen LogP contribution in [0.25, 0.3) is 0 Å². The van der Waals surface area contributed by atoms with E-state index in [0.717, 1.165) is 17.6 Å². The molecule has 0 aromatic carbocycles. The molecule has 0 fully saturated rings. The fourth-order valence-corrected chi connectivity index (χ4v) is 0.497. The quantitative estimate of drug-likeness (QED) is 0.496. The SMILES string of the molecule is CC[N+](C)(C)CCOC.CS(=O)(=O)[O-]. The second-order valence-electron chi connectivity index (χ2n) is 3.67. The molecule has 0 unspecified atom stereocenters. The van der Waals surface area contributed by atoms with Crippen LogP contribution < -0.4 is 0 Å². The molecule has 0 saturated carbocycles. The summed E-state index contributed by atoms with van der Waals surface area (Å²) in [6.45, 7) is 5.33. The van der Waals surface area contributed by atoms with E-state index in [0.29, 0.717) is 6.26 Å². The maximum atomic E-state index is 9.08. The van der Waals surface area contributed by atoms with Gasteiger partial charge in [-0.25, -0.2) is 8.42 Å². The predicted molar refractivity (Wildman–Crippen MR) is 55.0 cm³/mol. The molecule has 0 aliphatic carbocycles. The summed E-state index contributed by atoms with van der Waals surface area (Å²) >= 11 is 0. The number of quaternary nitrogens is 1. The van der Waals surface area contributed by atoms with Crippen molar-refractivity contribution >= 4 is 10.1 Å². The highest BCUT2D eigenvalue weighted by Gasteiger charge is 2.09. The fraction of sp³-hybridized carbons (Fsp3) is 1.00. The van der Waals surface area contributed by atoms with Crippen LogP contribution in [0.2, 0.25) is 0 Å². The summed E-state index contributed by atoms with van der Waals surface area (Å²) in [5.74, 6) is 0. The summed E-state index contributed by atoms with van der Waals surface area (Å²) in [4.78, 5) is 0. The molecule has 0 saturated heterocycles. The standard InChI is InChI=1S/C7H18NO.CH4O3S/c1-5-8(2,3)6-7-9-4;1-5(2,3)4/h5-7H2,1-4H3;1H3,(H,2,3,4)/q+1;/p-1. The topological polar surface area (TPSA) is 66.4 Å². The van der Waals surface area contributed by atoms with Gasteiger partial charge < -0.3 is 13.8 Å². The van der Waals surface area contributed by atoms with E-state index in [1.807, 2.05) is 0 Å². The van der Waals surface area contributed by atoms with Crippen molar-refractivity contribution in [3.05, 3.63) is 0 Å². The largest absolute Gasteiger partial charge is 0.748 e. The van der Waals surface area contributed by atoms with Crippen LogP contribution >= 0.6 is 0 Å². The maximum Gasteiger partial charge on any atom is 0.102 e. The lowest BCUT2D eigenvalue weighted by Crippen LogP contribution is -2.41. The van der Waals surface area contributed by atoms with Crippen LogP contribution in [0, 0.1) is 0 Å². The van der Waals surface area contributed by atoms with Gasteiger partial charge in [-0.05, 0) is 6.92 Å². The third kappa shape index (κ3) is 22.6. The molecule has 6 heteroatoms. The molecule has 0 rings (SSSR count). The van der Waals surface area contributed by atoms with Gasteiger partial charge in [-0.15, -0.1) is 0 Å². The zero-order chi connectivity index (χ0) is 11.8. The Morgan fingerprint density at radius 2 is 1.71 bits per heavy atom. The average Bonchev–Trinajstić information content (AvgIpc) is 1.98. The lowest BCUT2D eigenvalue weighted by atomic mass is 10.4. The summed E-state index contributed by atoms with van der Waals surface area (Å²) in [5, 5.41) is 0. The average molecular weight is 227 g/mol. The van der Waals surface area contributed by atoms with Crippen LogP contribution in [0.1, 0.15) is 6.92 Å². The molecule has 0 aliphatic rings. The minimum absolute atomic E-state index is 0.604. The third-order valence-corrected chi connectivity index (χ3v) is 1.76. The van der Waals surface area contributed by atoms with Crippen molar-refractivity contribution in [2.24, 2.45) is 0 Å². The lowest BCUT2D eigenvalue weighted by Gasteiger charge is -2.27. The molecule has 0 N–H and O–H groups in total. The van der Waals surface area contributed by atoms with E-state index in [1.54, 1.807) is 7.11 Å². The minimum Gasteiger partial charge on any atom is -0.748 e. The molecule has 0 aromatic heterocycles. The van der Waals surface area contributed by atoms with Crippen LogP contribution in [0.4, 0.5) is 0 Å². The van der Waals surface area contributed by atoms with Crippen LogP contribution in [0.5, 0.6) is 0 Å². The Balaban J connectivity index is 0. The van der Waals surface area contributed by atoms with Crippen molar-refractivity contribution < 1.29 is 22.2 Å². The van der Waals surface area contributed by atoms with Crippen LogP contribution in [-0.4, -0.2) is 64.6 Å². The molecule has 0 aromatic rings. The highest BCUT2D eigenvalue weighted by Crippen LogP contribution is 1.93. The van der Waals surface area contributed by atoms with E-state index in [9.17, 15) is 0 Å². The first-order valence-corrected chi connectivity index (χ1v) is 6.16. The fourth-order valence-electron chi connectivity index (χ4n) is 0.497. The number of nitrogens with zero attached hydrogens (tertiary/aromatic N) is 1. The van der Waals surface area contributed by atoms with Crippen molar-refractivity contribution in [1.82, 2.24) is 0 Å². The Bertz CT molecular complexity index is 215. The zero-order valence-electron chi connectivity index (χ0n) is 9.61. The summed E-state index contributed by atoms with van der Waals surface area (Å²) in [5.41, 5.74) is 0. The molecule has 0 atom stereocenters. The Morgan fingerprint density at radius 1 is 1.36 bits per heavy atom. The third-order valence-electron chi connectivity index (χ3n) is 1.76. The Kier molecular flexibility index (Phi) is 8.33. The van der Waals surface area contributed by atoms with Crippen molar-refractivity contribution in [2.45, 2.75) is 6.92 Å². The highest BCUT2D eigenvalue weighted by atomic mass is 32.2. The van der Waals surface area contributed by atoms with Gasteiger partial charge in [0.15, 0.2) is 0 Å². The number of rotatable bonds is 4. The van der Waals surface area contributed by atoms with Gasteiger partial charge in [0.25, 0.3) is 0 Å². The Morgan fingerprint density at radius 3 is 1.93 bits per heavy atom. The first-order chi connectivity index (χ1) is 6.12. The number of likely N-dealkylation sites (N-methyl/N-ethyl adjacent to an activating group) is 1. The van der Waals surface area contributed by atoms with Gasteiger partial charge >= 0.3 is 0 Å². The van der Waals surface area contributed by atoms with Crippen molar-refractivity contribution in [3.63, 3.8) is 0 Å². The second-order valence-corrected chi connectivity index (χ2v) is 5.08. The molecule has 88 valence electrons. The molecular formula is C8H21NO4S. The van der Waals surface area contributed by atoms with Crippen LogP contribution in [0.15, 0.2) is 0 Å². The molecule has 0 spiro atoms. The van der Waals surface area contributed by atoms with E-state index in [-0.39, 0.29) is 0 Å². The van der Waals surface area contributed by atoms with Crippen LogP contribution in [-0.2, 0) is 14.9 Å². The first-order valence-electron chi connectivity index (χ1n) is 4.34. The molecule has 0 amide bonds. The summed E-state index contributed by atoms with van der Waals surface area (Å²) in [7, 11) is 2.24. The van der Waals surface area contributed by atoms with Gasteiger partial charge in [0, 0.05) is 13.4 Å². The molecule has 0 radical (unpaired) electrons. The highest BCUT2D eigenvalue weighted by molar-refractivity contribution is 7.84. The number of methoxy groups -OCH3 is 1. The van der Waals surface area contributed by atoms with Gasteiger partial charge in [0.1, 0.15) is 6.54 Å². The van der Waals surface area contributed by atoms with Gasteiger partial charge in [-0.1, -0.05) is 0 Å². The predicted octanol–water partition coefficient (Wildman–Crippen LogP) is -0.109. The molecule has 5 nitrogen and oxygen atoms in total. The summed E-state index contributed by atoms with van der Waals surface area (Å²) < 4.78 is 33.2. The number of hydrogen-bond acceptors (Lipinski definition) is 4. The van der Waals surface area contributed by atoms with E-state index >= 15 is 0 Å². The minimum atomic E-state index is -3.92. The molecule has 14 heavy (non-hydrogen) atoms. The molecule has 0 bridgehead atoms. The summed E-state index contributed by atoms with van der Waals surface area (Å²) in [6.07, 6.45) is 0.604. The van der Waals surface area contributed by atoms with Gasteiger partial charge in [-0.2, -0.15) is 0 Å². The maximum absolute atomic E-state index is 9.08. The Labute approximate surface area is 87.0 Å². The van der Waals surface area contributed by atoms with Crippen molar-refractivity contribution in [1.29, 1.82) is 0 Å². The van der Waals surface area contributed by atoms with E-state index < -0.39 is 10.1 Å².